The maximum Gasteiger partial charge on any atom is 0.256 e. The van der Waals surface area contributed by atoms with Crippen molar-refractivity contribution in [2.45, 2.75) is 51.7 Å². The molecular formula is C43H39N7O5S. The van der Waals surface area contributed by atoms with E-state index in [4.69, 9.17) is 4.74 Å². The number of aryl methyl sites for hydroxylation is 2. The number of hydrogen-bond acceptors (Lipinski definition) is 9. The van der Waals surface area contributed by atoms with Gasteiger partial charge in [-0.2, -0.15) is 0 Å². The van der Waals surface area contributed by atoms with Crippen LogP contribution in [-0.4, -0.2) is 61.7 Å². The first-order valence-electron chi connectivity index (χ1n) is 18.5. The van der Waals surface area contributed by atoms with Gasteiger partial charge in [-0.05, 0) is 79.3 Å². The standard InChI is InChI=1S/C43H39N7O5S/c1-26-17-32-33(44-23-31-13-6-7-16-50(31)43(32)54)21-36(26)55-25-28-10-8-9-27(18-28)19-39(52)47-38-24-49(2)41(48-38)35(51)22-40-46-34-20-29(14-15-37(34)56-40)42(53)45-30-11-4-3-5-12-30/h3-5,8-12,14-15,17-18,20-21,23-24,31H,6-7,13,16,19,22,25H2,1-2H3,(H,45,53)(H,47,52)/t31-/m0/s1. The Bertz CT molecular complexity index is 2520. The van der Waals surface area contributed by atoms with Gasteiger partial charge in [0.25, 0.3) is 11.8 Å². The number of fused-ring (bicyclic) bond motifs is 3. The molecule has 2 aromatic heterocycles. The lowest BCUT2D eigenvalue weighted by Gasteiger charge is -2.32. The van der Waals surface area contributed by atoms with Crippen LogP contribution in [0.25, 0.3) is 10.2 Å². The number of rotatable bonds is 11. The summed E-state index contributed by atoms with van der Waals surface area (Å²) in [6.45, 7) is 2.94. The van der Waals surface area contributed by atoms with Crippen molar-refractivity contribution in [3.8, 4) is 5.75 Å². The van der Waals surface area contributed by atoms with Crippen LogP contribution in [0.4, 0.5) is 17.2 Å². The first kappa shape index (κ1) is 36.5. The molecule has 3 amide bonds. The molecule has 0 saturated carbocycles. The average molecular weight is 766 g/mol. The van der Waals surface area contributed by atoms with Gasteiger partial charge in [-0.3, -0.25) is 24.2 Å². The largest absolute Gasteiger partial charge is 0.489 e. The molecule has 4 heterocycles. The van der Waals surface area contributed by atoms with Crippen molar-refractivity contribution >= 4 is 68.5 Å². The number of benzene rings is 4. The van der Waals surface area contributed by atoms with E-state index in [-0.39, 0.29) is 60.6 Å². The minimum Gasteiger partial charge on any atom is -0.489 e. The van der Waals surface area contributed by atoms with E-state index < -0.39 is 0 Å². The summed E-state index contributed by atoms with van der Waals surface area (Å²) in [5, 5.41) is 6.29. The zero-order valence-corrected chi connectivity index (χ0v) is 31.8. The highest BCUT2D eigenvalue weighted by Gasteiger charge is 2.30. The van der Waals surface area contributed by atoms with E-state index in [2.05, 4.69) is 25.6 Å². The molecule has 8 rings (SSSR count). The van der Waals surface area contributed by atoms with Gasteiger partial charge in [0.1, 0.15) is 17.4 Å². The fourth-order valence-corrected chi connectivity index (χ4v) is 8.02. The number of amides is 3. The molecule has 2 aliphatic rings. The van der Waals surface area contributed by atoms with Crippen LogP contribution in [0, 0.1) is 6.92 Å². The fraction of sp³-hybridized carbons (Fsp3) is 0.233. The average Bonchev–Trinajstić information content (AvgIpc) is 3.74. The number of hydrogen-bond donors (Lipinski definition) is 2. The van der Waals surface area contributed by atoms with Crippen LogP contribution in [0.2, 0.25) is 0 Å². The zero-order valence-electron chi connectivity index (χ0n) is 31.0. The number of para-hydroxylation sites is 1. The summed E-state index contributed by atoms with van der Waals surface area (Å²) in [5.74, 6) is 0.363. The molecule has 0 spiro atoms. The summed E-state index contributed by atoms with van der Waals surface area (Å²) in [4.78, 5) is 68.1. The van der Waals surface area contributed by atoms with E-state index in [9.17, 15) is 19.2 Å². The highest BCUT2D eigenvalue weighted by Crippen LogP contribution is 2.34. The number of ether oxygens (including phenoxy) is 1. The number of Topliss-reactive ketones (excluding diaryl/α,β-unsaturated/α-hetero) is 1. The summed E-state index contributed by atoms with van der Waals surface area (Å²) >= 11 is 1.38. The fourth-order valence-electron chi connectivity index (χ4n) is 7.08. The van der Waals surface area contributed by atoms with Gasteiger partial charge in [-0.15, -0.1) is 11.3 Å². The van der Waals surface area contributed by atoms with Crippen LogP contribution >= 0.6 is 11.3 Å². The molecule has 0 unspecified atom stereocenters. The number of nitrogens with zero attached hydrogens (tertiary/aromatic N) is 5. The van der Waals surface area contributed by atoms with E-state index in [0.29, 0.717) is 38.8 Å². The third-order valence-corrected chi connectivity index (χ3v) is 10.9. The van der Waals surface area contributed by atoms with Gasteiger partial charge < -0.3 is 24.8 Å². The Hall–Kier alpha value is -6.47. The van der Waals surface area contributed by atoms with Gasteiger partial charge in [0, 0.05) is 43.3 Å². The van der Waals surface area contributed by atoms with E-state index in [1.54, 1.807) is 29.9 Å². The number of anilines is 2. The molecular weight excluding hydrogens is 727 g/mol. The summed E-state index contributed by atoms with van der Waals surface area (Å²) in [5.41, 5.74) is 5.54. The van der Waals surface area contributed by atoms with Crippen molar-refractivity contribution in [2.24, 2.45) is 12.0 Å². The number of aromatic nitrogens is 3. The second-order valence-corrected chi connectivity index (χ2v) is 15.2. The Kier molecular flexibility index (Phi) is 10.2. The lowest BCUT2D eigenvalue weighted by atomic mass is 10.0. The molecule has 4 aromatic carbocycles. The van der Waals surface area contributed by atoms with Crippen molar-refractivity contribution in [1.82, 2.24) is 19.4 Å². The van der Waals surface area contributed by atoms with Crippen molar-refractivity contribution in [3.63, 3.8) is 0 Å². The molecule has 56 heavy (non-hydrogen) atoms. The monoisotopic (exact) mass is 765 g/mol. The van der Waals surface area contributed by atoms with Crippen LogP contribution in [0.1, 0.15) is 72.3 Å². The maximum atomic E-state index is 13.3. The zero-order chi connectivity index (χ0) is 38.8. The van der Waals surface area contributed by atoms with Gasteiger partial charge in [0.2, 0.25) is 11.7 Å². The normalized spacial score (nSPS) is 14.9. The molecule has 13 heteroatoms. The molecule has 2 N–H and O–H groups in total. The molecule has 1 saturated heterocycles. The number of aliphatic imine (C=N–C) groups is 1. The molecule has 2 aliphatic heterocycles. The first-order valence-corrected chi connectivity index (χ1v) is 19.3. The third-order valence-electron chi connectivity index (χ3n) is 9.90. The topological polar surface area (TPSA) is 148 Å². The summed E-state index contributed by atoms with van der Waals surface area (Å²) in [7, 11) is 1.70. The lowest BCUT2D eigenvalue weighted by Crippen LogP contribution is -2.43. The molecule has 0 aliphatic carbocycles. The number of nitrogens with one attached hydrogen (secondary N) is 2. The van der Waals surface area contributed by atoms with Crippen molar-refractivity contribution < 1.29 is 23.9 Å². The van der Waals surface area contributed by atoms with Crippen molar-refractivity contribution in [3.05, 3.63) is 130 Å². The number of ketones is 1. The number of thiazole rings is 1. The Balaban J connectivity index is 0.867. The van der Waals surface area contributed by atoms with Crippen LogP contribution in [0.5, 0.6) is 5.75 Å². The Morgan fingerprint density at radius 2 is 1.75 bits per heavy atom. The van der Waals surface area contributed by atoms with E-state index in [1.807, 2.05) is 90.8 Å². The van der Waals surface area contributed by atoms with Gasteiger partial charge in [-0.1, -0.05) is 42.5 Å². The minimum atomic E-state index is -0.279. The molecule has 12 nitrogen and oxygen atoms in total. The van der Waals surface area contributed by atoms with Crippen LogP contribution in [0.15, 0.2) is 96.1 Å². The Labute approximate surface area is 327 Å². The summed E-state index contributed by atoms with van der Waals surface area (Å²) in [6.07, 6.45) is 6.63. The van der Waals surface area contributed by atoms with Gasteiger partial charge in [0.05, 0.1) is 40.4 Å². The first-order chi connectivity index (χ1) is 27.2. The van der Waals surface area contributed by atoms with Gasteiger partial charge in [-0.25, -0.2) is 9.97 Å². The van der Waals surface area contributed by atoms with Crippen LogP contribution < -0.4 is 15.4 Å². The second-order valence-electron chi connectivity index (χ2n) is 14.1. The Morgan fingerprint density at radius 3 is 2.61 bits per heavy atom. The molecule has 0 radical (unpaired) electrons. The highest BCUT2D eigenvalue weighted by molar-refractivity contribution is 7.18. The highest BCUT2D eigenvalue weighted by atomic mass is 32.1. The predicted octanol–water partition coefficient (Wildman–Crippen LogP) is 7.49. The maximum absolute atomic E-state index is 13.3. The van der Waals surface area contributed by atoms with Crippen LogP contribution in [-0.2, 0) is 31.3 Å². The van der Waals surface area contributed by atoms with Crippen molar-refractivity contribution in [1.29, 1.82) is 0 Å². The third kappa shape index (κ3) is 7.98. The second kappa shape index (κ2) is 15.7. The molecule has 0 bridgehead atoms. The van der Waals surface area contributed by atoms with E-state index >= 15 is 0 Å². The number of piperidine rings is 1. The molecule has 1 fully saturated rings. The number of imidazole rings is 1. The molecule has 282 valence electrons. The van der Waals surface area contributed by atoms with E-state index in [0.717, 1.165) is 47.2 Å². The number of carbonyl (C=O) groups excluding carboxylic acids is 4. The van der Waals surface area contributed by atoms with Gasteiger partial charge in [0.15, 0.2) is 11.6 Å². The van der Waals surface area contributed by atoms with Gasteiger partial charge >= 0.3 is 0 Å². The smallest absolute Gasteiger partial charge is 0.256 e. The molecule has 6 aromatic rings. The lowest BCUT2D eigenvalue weighted by molar-refractivity contribution is -0.115. The quantitative estimate of drug-likeness (QED) is 0.130. The van der Waals surface area contributed by atoms with E-state index in [1.165, 1.54) is 11.3 Å². The number of carbonyl (C=O) groups is 4. The minimum absolute atomic E-state index is 0.0171. The van der Waals surface area contributed by atoms with Crippen molar-refractivity contribution in [2.75, 3.05) is 17.2 Å². The summed E-state index contributed by atoms with van der Waals surface area (Å²) < 4.78 is 8.66. The van der Waals surface area contributed by atoms with Crippen LogP contribution in [0.3, 0.4) is 0 Å². The Morgan fingerprint density at radius 1 is 0.911 bits per heavy atom. The molecule has 1 atom stereocenters. The summed E-state index contributed by atoms with van der Waals surface area (Å²) in [6, 6.07) is 25.8. The SMILES string of the molecule is Cc1cc2c(cc1OCc1cccc(CC(=O)Nc3cn(C)c(C(=O)Cc4nc5cc(C(=O)Nc6ccccc6)ccc5s4)n3)c1)N=C[C@@H]1CCCCN1C2=O. The predicted molar refractivity (Wildman–Crippen MR) is 216 cm³/mol.